The van der Waals surface area contributed by atoms with Crippen LogP contribution in [-0.4, -0.2) is 29.8 Å². The summed E-state index contributed by atoms with van der Waals surface area (Å²) >= 11 is 1.54. The summed E-state index contributed by atoms with van der Waals surface area (Å²) in [6.07, 6.45) is 1.05. The molecule has 3 heterocycles. The van der Waals surface area contributed by atoms with E-state index in [0.29, 0.717) is 18.4 Å². The molecule has 2 aromatic heterocycles. The summed E-state index contributed by atoms with van der Waals surface area (Å²) in [5.74, 6) is 1.30. The number of anilines is 1. The molecule has 1 aliphatic rings. The van der Waals surface area contributed by atoms with Crippen molar-refractivity contribution < 1.29 is 9.47 Å². The summed E-state index contributed by atoms with van der Waals surface area (Å²) in [7, 11) is 0. The molecule has 1 unspecified atom stereocenters. The van der Waals surface area contributed by atoms with E-state index >= 15 is 0 Å². The fourth-order valence-corrected chi connectivity index (χ4v) is 2.63. The number of thiophene rings is 1. The van der Waals surface area contributed by atoms with Gasteiger partial charge in [0.15, 0.2) is 0 Å². The highest BCUT2D eigenvalue weighted by Crippen LogP contribution is 2.28. The van der Waals surface area contributed by atoms with E-state index in [0.717, 1.165) is 29.9 Å². The molecule has 2 N–H and O–H groups in total. The van der Waals surface area contributed by atoms with E-state index in [-0.39, 0.29) is 5.95 Å². The fourth-order valence-electron chi connectivity index (χ4n) is 1.87. The Morgan fingerprint density at radius 1 is 1.53 bits per heavy atom. The van der Waals surface area contributed by atoms with E-state index < -0.39 is 0 Å². The van der Waals surface area contributed by atoms with Gasteiger partial charge in [-0.1, -0.05) is 0 Å². The maximum Gasteiger partial charge on any atom is 0.227 e. The van der Waals surface area contributed by atoms with Gasteiger partial charge in [-0.15, -0.1) is 11.3 Å². The first kappa shape index (κ1) is 10.7. The monoisotopic (exact) mass is 251 g/mol. The number of hydrogen-bond acceptors (Lipinski definition) is 6. The van der Waals surface area contributed by atoms with Gasteiger partial charge in [-0.2, -0.15) is 4.98 Å². The summed E-state index contributed by atoms with van der Waals surface area (Å²) in [5.41, 5.74) is 5.65. The highest BCUT2D eigenvalue weighted by atomic mass is 32.1. The van der Waals surface area contributed by atoms with Crippen LogP contribution in [0.25, 0.3) is 10.2 Å². The van der Waals surface area contributed by atoms with Crippen molar-refractivity contribution in [2.45, 2.75) is 6.42 Å². The Kier molecular flexibility index (Phi) is 2.82. The first-order valence-corrected chi connectivity index (χ1v) is 6.42. The SMILES string of the molecule is Nc1nc(OCC2CCOC2)c2ccsc2n1. The third kappa shape index (κ3) is 2.18. The molecule has 2 aromatic rings. The van der Waals surface area contributed by atoms with Crippen LogP contribution in [0.1, 0.15) is 6.42 Å². The van der Waals surface area contributed by atoms with E-state index in [9.17, 15) is 0 Å². The Morgan fingerprint density at radius 2 is 2.47 bits per heavy atom. The number of aromatic nitrogens is 2. The van der Waals surface area contributed by atoms with E-state index in [1.54, 1.807) is 0 Å². The quantitative estimate of drug-likeness (QED) is 0.898. The number of fused-ring (bicyclic) bond motifs is 1. The van der Waals surface area contributed by atoms with Crippen LogP contribution in [0.15, 0.2) is 11.4 Å². The molecule has 0 bridgehead atoms. The van der Waals surface area contributed by atoms with Crippen LogP contribution in [0.2, 0.25) is 0 Å². The molecule has 0 spiro atoms. The minimum atomic E-state index is 0.262. The van der Waals surface area contributed by atoms with Gasteiger partial charge >= 0.3 is 0 Å². The van der Waals surface area contributed by atoms with Crippen LogP contribution in [0.5, 0.6) is 5.88 Å². The standard InChI is InChI=1S/C11H13N3O2S/c12-11-13-9(8-2-4-17-10(8)14-11)16-6-7-1-3-15-5-7/h2,4,7H,1,3,5-6H2,(H2,12,13,14). The van der Waals surface area contributed by atoms with Gasteiger partial charge in [0.05, 0.1) is 18.6 Å². The molecule has 17 heavy (non-hydrogen) atoms. The summed E-state index contributed by atoms with van der Waals surface area (Å²) < 4.78 is 11.0. The Morgan fingerprint density at radius 3 is 3.29 bits per heavy atom. The number of ether oxygens (including phenoxy) is 2. The van der Waals surface area contributed by atoms with Crippen molar-refractivity contribution in [3.05, 3.63) is 11.4 Å². The zero-order chi connectivity index (χ0) is 11.7. The molecule has 1 atom stereocenters. The Labute approximate surface area is 103 Å². The molecule has 0 amide bonds. The maximum absolute atomic E-state index is 5.74. The first-order valence-electron chi connectivity index (χ1n) is 5.54. The normalized spacial score (nSPS) is 19.9. The highest BCUT2D eigenvalue weighted by Gasteiger charge is 2.17. The van der Waals surface area contributed by atoms with Gasteiger partial charge in [0.1, 0.15) is 4.83 Å². The number of nitrogens with zero attached hydrogens (tertiary/aromatic N) is 2. The topological polar surface area (TPSA) is 70.3 Å². The molecule has 1 fully saturated rings. The Balaban J connectivity index is 1.81. The minimum absolute atomic E-state index is 0.262. The Hall–Kier alpha value is -1.40. The van der Waals surface area contributed by atoms with Gasteiger partial charge in [-0.05, 0) is 17.9 Å². The molecule has 0 aliphatic carbocycles. The van der Waals surface area contributed by atoms with Crippen LogP contribution in [0, 0.1) is 5.92 Å². The Bertz CT molecular complexity index is 522. The molecule has 0 radical (unpaired) electrons. The van der Waals surface area contributed by atoms with E-state index in [1.165, 1.54) is 11.3 Å². The molecule has 0 saturated carbocycles. The molecule has 3 rings (SSSR count). The van der Waals surface area contributed by atoms with Crippen LogP contribution >= 0.6 is 11.3 Å². The summed E-state index contributed by atoms with van der Waals surface area (Å²) in [4.78, 5) is 9.17. The van der Waals surface area contributed by atoms with Crippen molar-refractivity contribution in [2.24, 2.45) is 5.92 Å². The lowest BCUT2D eigenvalue weighted by molar-refractivity contribution is 0.166. The van der Waals surface area contributed by atoms with E-state index in [2.05, 4.69) is 9.97 Å². The molecular formula is C11H13N3O2S. The third-order valence-corrected chi connectivity index (χ3v) is 3.59. The van der Waals surface area contributed by atoms with Crippen molar-refractivity contribution in [1.29, 1.82) is 0 Å². The number of rotatable bonds is 3. The molecule has 6 heteroatoms. The molecule has 0 aromatic carbocycles. The first-order chi connectivity index (χ1) is 8.33. The lowest BCUT2D eigenvalue weighted by atomic mass is 10.1. The predicted octanol–water partition coefficient (Wildman–Crippen LogP) is 1.69. The van der Waals surface area contributed by atoms with Crippen LogP contribution in [-0.2, 0) is 4.74 Å². The smallest absolute Gasteiger partial charge is 0.227 e. The molecule has 1 aliphatic heterocycles. The largest absolute Gasteiger partial charge is 0.477 e. The van der Waals surface area contributed by atoms with Crippen LogP contribution in [0.3, 0.4) is 0 Å². The second-order valence-corrected chi connectivity index (χ2v) is 4.96. The molecule has 1 saturated heterocycles. The summed E-state index contributed by atoms with van der Waals surface area (Å²) in [6.45, 7) is 2.22. The number of nitrogen functional groups attached to an aromatic ring is 1. The fraction of sp³-hybridized carbons (Fsp3) is 0.455. The highest BCUT2D eigenvalue weighted by molar-refractivity contribution is 7.16. The maximum atomic E-state index is 5.74. The number of nitrogens with two attached hydrogens (primary N) is 1. The van der Waals surface area contributed by atoms with Crippen molar-refractivity contribution in [3.8, 4) is 5.88 Å². The third-order valence-electron chi connectivity index (χ3n) is 2.79. The average molecular weight is 251 g/mol. The summed E-state index contributed by atoms with van der Waals surface area (Å²) in [6, 6.07) is 1.96. The predicted molar refractivity (Wildman–Crippen MR) is 66.2 cm³/mol. The summed E-state index contributed by atoms with van der Waals surface area (Å²) in [5, 5.41) is 2.90. The van der Waals surface area contributed by atoms with Gasteiger partial charge in [-0.25, -0.2) is 4.98 Å². The van der Waals surface area contributed by atoms with Gasteiger partial charge in [0.2, 0.25) is 11.8 Å². The number of hydrogen-bond donors (Lipinski definition) is 1. The van der Waals surface area contributed by atoms with Crippen LogP contribution < -0.4 is 10.5 Å². The zero-order valence-corrected chi connectivity index (χ0v) is 10.1. The van der Waals surface area contributed by atoms with Gasteiger partial charge in [-0.3, -0.25) is 0 Å². The van der Waals surface area contributed by atoms with Crippen molar-refractivity contribution in [2.75, 3.05) is 25.6 Å². The van der Waals surface area contributed by atoms with Crippen molar-refractivity contribution >= 4 is 27.5 Å². The molecule has 5 nitrogen and oxygen atoms in total. The molecular weight excluding hydrogens is 238 g/mol. The lowest BCUT2D eigenvalue weighted by Crippen LogP contribution is -2.13. The lowest BCUT2D eigenvalue weighted by Gasteiger charge is -2.10. The van der Waals surface area contributed by atoms with Crippen molar-refractivity contribution in [3.63, 3.8) is 0 Å². The van der Waals surface area contributed by atoms with Gasteiger partial charge < -0.3 is 15.2 Å². The van der Waals surface area contributed by atoms with Crippen LogP contribution in [0.4, 0.5) is 5.95 Å². The second-order valence-electron chi connectivity index (χ2n) is 4.07. The van der Waals surface area contributed by atoms with Gasteiger partial charge in [0.25, 0.3) is 0 Å². The second kappa shape index (κ2) is 4.46. The van der Waals surface area contributed by atoms with E-state index in [4.69, 9.17) is 15.2 Å². The minimum Gasteiger partial charge on any atom is -0.477 e. The van der Waals surface area contributed by atoms with E-state index in [1.807, 2.05) is 11.4 Å². The van der Waals surface area contributed by atoms with Gasteiger partial charge in [0, 0.05) is 12.5 Å². The molecule has 90 valence electrons. The van der Waals surface area contributed by atoms with Crippen molar-refractivity contribution in [1.82, 2.24) is 9.97 Å². The zero-order valence-electron chi connectivity index (χ0n) is 9.26. The average Bonchev–Trinajstić information content (AvgIpc) is 2.95.